The normalized spacial score (nSPS) is 28.8. The molecule has 1 atom stereocenters. The van der Waals surface area contributed by atoms with Crippen LogP contribution in [-0.2, 0) is 0 Å². The maximum absolute atomic E-state index is 9.79. The van der Waals surface area contributed by atoms with E-state index in [0.29, 0.717) is 5.92 Å². The predicted octanol–water partition coefficient (Wildman–Crippen LogP) is 1.15. The molecule has 0 amide bonds. The summed E-state index contributed by atoms with van der Waals surface area (Å²) in [4.78, 5) is 0. The van der Waals surface area contributed by atoms with Crippen molar-refractivity contribution in [2.75, 3.05) is 13.1 Å². The predicted molar refractivity (Wildman–Crippen MR) is 48.9 cm³/mol. The summed E-state index contributed by atoms with van der Waals surface area (Å²) in [6.45, 7) is 2.07. The Bertz CT molecular complexity index is 139. The zero-order chi connectivity index (χ0) is 8.39. The van der Waals surface area contributed by atoms with Gasteiger partial charge in [-0.05, 0) is 12.3 Å². The van der Waals surface area contributed by atoms with Crippen LogP contribution in [-0.4, -0.2) is 24.3 Å². The fourth-order valence-corrected chi connectivity index (χ4v) is 2.36. The fraction of sp³-hybridized carbons (Fsp3) is 1.00. The van der Waals surface area contributed by atoms with Crippen LogP contribution >= 0.6 is 0 Å². The standard InChI is InChI=1S/C10H19NO/c12-10(9-6-11-7-9)5-8-3-1-2-4-8/h8-12H,1-7H2. The number of aliphatic hydroxyl groups excluding tert-OH is 1. The van der Waals surface area contributed by atoms with E-state index in [4.69, 9.17) is 0 Å². The summed E-state index contributed by atoms with van der Waals surface area (Å²) in [5, 5.41) is 13.0. The Morgan fingerprint density at radius 2 is 1.92 bits per heavy atom. The molecule has 0 spiro atoms. The van der Waals surface area contributed by atoms with E-state index in [1.54, 1.807) is 0 Å². The monoisotopic (exact) mass is 169 g/mol. The quantitative estimate of drug-likeness (QED) is 0.664. The second-order valence-electron chi connectivity index (χ2n) is 4.37. The lowest BCUT2D eigenvalue weighted by Crippen LogP contribution is -2.48. The Kier molecular flexibility index (Phi) is 2.66. The Morgan fingerprint density at radius 1 is 1.25 bits per heavy atom. The third kappa shape index (κ3) is 1.80. The second-order valence-corrected chi connectivity index (χ2v) is 4.37. The van der Waals surface area contributed by atoms with Gasteiger partial charge in [-0.25, -0.2) is 0 Å². The lowest BCUT2D eigenvalue weighted by Gasteiger charge is -2.32. The van der Waals surface area contributed by atoms with Gasteiger partial charge >= 0.3 is 0 Å². The first-order valence-electron chi connectivity index (χ1n) is 5.25. The first-order chi connectivity index (χ1) is 5.86. The average molecular weight is 169 g/mol. The molecule has 0 aromatic carbocycles. The first-order valence-corrected chi connectivity index (χ1v) is 5.25. The van der Waals surface area contributed by atoms with Crippen molar-refractivity contribution < 1.29 is 5.11 Å². The van der Waals surface area contributed by atoms with Gasteiger partial charge in [-0.1, -0.05) is 25.7 Å². The van der Waals surface area contributed by atoms with E-state index in [9.17, 15) is 5.11 Å². The van der Waals surface area contributed by atoms with Crippen LogP contribution in [0.2, 0.25) is 0 Å². The number of rotatable bonds is 3. The van der Waals surface area contributed by atoms with Gasteiger partial charge in [0.05, 0.1) is 6.10 Å². The highest BCUT2D eigenvalue weighted by atomic mass is 16.3. The smallest absolute Gasteiger partial charge is 0.0595 e. The molecule has 2 fully saturated rings. The molecule has 1 saturated heterocycles. The molecule has 12 heavy (non-hydrogen) atoms. The molecule has 0 bridgehead atoms. The minimum atomic E-state index is -0.0191. The van der Waals surface area contributed by atoms with Crippen LogP contribution in [0.4, 0.5) is 0 Å². The Balaban J connectivity index is 1.69. The Hall–Kier alpha value is -0.0800. The Labute approximate surface area is 74.4 Å². The van der Waals surface area contributed by atoms with Gasteiger partial charge in [0.1, 0.15) is 0 Å². The molecular formula is C10H19NO. The summed E-state index contributed by atoms with van der Waals surface area (Å²) in [7, 11) is 0. The van der Waals surface area contributed by atoms with E-state index in [1.807, 2.05) is 0 Å². The highest BCUT2D eigenvalue weighted by molar-refractivity contribution is 4.83. The topological polar surface area (TPSA) is 32.3 Å². The summed E-state index contributed by atoms with van der Waals surface area (Å²) in [5.74, 6) is 1.39. The van der Waals surface area contributed by atoms with E-state index in [1.165, 1.54) is 25.7 Å². The lowest BCUT2D eigenvalue weighted by molar-refractivity contribution is 0.0558. The highest BCUT2D eigenvalue weighted by Crippen LogP contribution is 2.30. The molecule has 0 aromatic heterocycles. The SMILES string of the molecule is OC(CC1CCCC1)C1CNC1. The van der Waals surface area contributed by atoms with Crippen molar-refractivity contribution in [1.82, 2.24) is 5.32 Å². The number of hydrogen-bond donors (Lipinski definition) is 2. The van der Waals surface area contributed by atoms with Gasteiger partial charge in [0.2, 0.25) is 0 Å². The third-order valence-corrected chi connectivity index (χ3v) is 3.41. The summed E-state index contributed by atoms with van der Waals surface area (Å²) >= 11 is 0. The van der Waals surface area contributed by atoms with Gasteiger partial charge in [0.15, 0.2) is 0 Å². The fourth-order valence-electron chi connectivity index (χ4n) is 2.36. The van der Waals surface area contributed by atoms with Crippen molar-refractivity contribution in [1.29, 1.82) is 0 Å². The number of hydrogen-bond acceptors (Lipinski definition) is 2. The molecule has 2 rings (SSSR count). The van der Waals surface area contributed by atoms with Crippen molar-refractivity contribution >= 4 is 0 Å². The van der Waals surface area contributed by atoms with Gasteiger partial charge in [0, 0.05) is 19.0 Å². The first kappa shape index (κ1) is 8.52. The highest BCUT2D eigenvalue weighted by Gasteiger charge is 2.28. The minimum Gasteiger partial charge on any atom is -0.393 e. The molecule has 1 aliphatic heterocycles. The van der Waals surface area contributed by atoms with Crippen molar-refractivity contribution in [3.8, 4) is 0 Å². The van der Waals surface area contributed by atoms with E-state index in [-0.39, 0.29) is 6.10 Å². The Morgan fingerprint density at radius 3 is 2.42 bits per heavy atom. The molecule has 0 aromatic rings. The number of nitrogens with one attached hydrogen (secondary N) is 1. The second kappa shape index (κ2) is 3.75. The molecule has 1 saturated carbocycles. The van der Waals surface area contributed by atoms with Crippen molar-refractivity contribution in [2.45, 2.75) is 38.2 Å². The van der Waals surface area contributed by atoms with Gasteiger partial charge in [0.25, 0.3) is 0 Å². The molecule has 2 aliphatic rings. The largest absolute Gasteiger partial charge is 0.393 e. The summed E-state index contributed by atoms with van der Waals surface area (Å²) in [6.07, 6.45) is 6.54. The zero-order valence-electron chi connectivity index (χ0n) is 7.63. The van der Waals surface area contributed by atoms with Crippen molar-refractivity contribution in [2.24, 2.45) is 11.8 Å². The van der Waals surface area contributed by atoms with Crippen LogP contribution in [0, 0.1) is 11.8 Å². The van der Waals surface area contributed by atoms with Crippen LogP contribution in [0.5, 0.6) is 0 Å². The summed E-state index contributed by atoms with van der Waals surface area (Å²) in [6, 6.07) is 0. The van der Waals surface area contributed by atoms with Gasteiger partial charge < -0.3 is 10.4 Å². The van der Waals surface area contributed by atoms with Crippen LogP contribution < -0.4 is 5.32 Å². The molecule has 0 radical (unpaired) electrons. The van der Waals surface area contributed by atoms with Gasteiger partial charge in [-0.2, -0.15) is 0 Å². The molecule has 1 heterocycles. The van der Waals surface area contributed by atoms with Crippen molar-refractivity contribution in [3.63, 3.8) is 0 Å². The van der Waals surface area contributed by atoms with E-state index in [2.05, 4.69) is 5.32 Å². The summed E-state index contributed by atoms with van der Waals surface area (Å²) < 4.78 is 0. The molecule has 2 nitrogen and oxygen atoms in total. The molecular weight excluding hydrogens is 150 g/mol. The molecule has 70 valence electrons. The van der Waals surface area contributed by atoms with Gasteiger partial charge in [-0.15, -0.1) is 0 Å². The van der Waals surface area contributed by atoms with Crippen LogP contribution in [0.15, 0.2) is 0 Å². The molecule has 2 N–H and O–H groups in total. The van der Waals surface area contributed by atoms with Crippen LogP contribution in [0.25, 0.3) is 0 Å². The van der Waals surface area contributed by atoms with Crippen molar-refractivity contribution in [3.05, 3.63) is 0 Å². The van der Waals surface area contributed by atoms with Crippen LogP contribution in [0.3, 0.4) is 0 Å². The maximum atomic E-state index is 9.79. The van der Waals surface area contributed by atoms with E-state index >= 15 is 0 Å². The molecule has 1 aliphatic carbocycles. The zero-order valence-corrected chi connectivity index (χ0v) is 7.63. The van der Waals surface area contributed by atoms with Gasteiger partial charge in [-0.3, -0.25) is 0 Å². The molecule has 2 heteroatoms. The maximum Gasteiger partial charge on any atom is 0.0595 e. The average Bonchev–Trinajstić information content (AvgIpc) is 2.34. The summed E-state index contributed by atoms with van der Waals surface area (Å²) in [5.41, 5.74) is 0. The van der Waals surface area contributed by atoms with E-state index < -0.39 is 0 Å². The molecule has 1 unspecified atom stereocenters. The number of aliphatic hydroxyl groups is 1. The third-order valence-electron chi connectivity index (χ3n) is 3.41. The van der Waals surface area contributed by atoms with E-state index in [0.717, 1.165) is 25.4 Å². The minimum absolute atomic E-state index is 0.0191. The lowest BCUT2D eigenvalue weighted by atomic mass is 9.88. The van der Waals surface area contributed by atoms with Crippen LogP contribution in [0.1, 0.15) is 32.1 Å².